The molecule has 5 heteroatoms. The van der Waals surface area contributed by atoms with Crippen LogP contribution in [0.1, 0.15) is 31.7 Å². The van der Waals surface area contributed by atoms with Gasteiger partial charge in [-0.15, -0.1) is 11.3 Å². The zero-order chi connectivity index (χ0) is 13.7. The molecule has 0 aliphatic rings. The van der Waals surface area contributed by atoms with Gasteiger partial charge in [0.15, 0.2) is 0 Å². The lowest BCUT2D eigenvalue weighted by molar-refractivity contribution is 0.176. The summed E-state index contributed by atoms with van der Waals surface area (Å²) in [6.07, 6.45) is 0. The number of nitriles is 1. The van der Waals surface area contributed by atoms with Crippen LogP contribution in [0, 0.1) is 17.2 Å². The molecule has 1 aromatic heterocycles. The summed E-state index contributed by atoms with van der Waals surface area (Å²) in [5, 5.41) is 8.95. The third-order valence-electron chi connectivity index (χ3n) is 2.91. The van der Waals surface area contributed by atoms with Crippen LogP contribution in [0.3, 0.4) is 0 Å². The second-order valence-corrected chi connectivity index (χ2v) is 6.31. The normalized spacial score (nSPS) is 16.3. The summed E-state index contributed by atoms with van der Waals surface area (Å²) in [6.45, 7) is 7.62. The third-order valence-corrected chi connectivity index (χ3v) is 4.21. The molecule has 0 amide bonds. The molecule has 1 rings (SSSR count). The van der Waals surface area contributed by atoms with E-state index in [2.05, 4.69) is 17.9 Å². The number of nitrogens with zero attached hydrogens (tertiary/aromatic N) is 2. The largest absolute Gasteiger partial charge is 0.326 e. The molecule has 0 saturated heterocycles. The van der Waals surface area contributed by atoms with Gasteiger partial charge in [-0.3, -0.25) is 4.90 Å². The first-order chi connectivity index (χ1) is 8.49. The predicted octanol–water partition coefficient (Wildman–Crippen LogP) is 3.27. The van der Waals surface area contributed by atoms with Crippen LogP contribution >= 0.6 is 22.9 Å². The molecule has 0 fully saturated rings. The molecule has 3 unspecified atom stereocenters. The van der Waals surface area contributed by atoms with Crippen LogP contribution in [0.15, 0.2) is 12.1 Å². The lowest BCUT2D eigenvalue weighted by Crippen LogP contribution is -2.41. The van der Waals surface area contributed by atoms with Gasteiger partial charge in [0.1, 0.15) is 0 Å². The highest BCUT2D eigenvalue weighted by atomic mass is 35.5. The highest BCUT2D eigenvalue weighted by Gasteiger charge is 2.25. The minimum absolute atomic E-state index is 0.00151. The van der Waals surface area contributed by atoms with E-state index in [-0.39, 0.29) is 18.0 Å². The molecule has 0 radical (unpaired) electrons. The molecule has 0 bridgehead atoms. The second kappa shape index (κ2) is 7.10. The zero-order valence-corrected chi connectivity index (χ0v) is 12.6. The van der Waals surface area contributed by atoms with Crippen molar-refractivity contribution in [2.45, 2.75) is 32.9 Å². The van der Waals surface area contributed by atoms with Crippen molar-refractivity contribution in [2.24, 2.45) is 11.7 Å². The second-order valence-electron chi connectivity index (χ2n) is 4.56. The van der Waals surface area contributed by atoms with Crippen molar-refractivity contribution in [3.05, 3.63) is 21.3 Å². The van der Waals surface area contributed by atoms with Crippen LogP contribution in [0.25, 0.3) is 0 Å². The Bertz CT molecular complexity index is 411. The zero-order valence-electron chi connectivity index (χ0n) is 11.1. The van der Waals surface area contributed by atoms with E-state index in [0.29, 0.717) is 0 Å². The first-order valence-electron chi connectivity index (χ1n) is 6.14. The Morgan fingerprint density at radius 3 is 2.56 bits per heavy atom. The minimum Gasteiger partial charge on any atom is -0.326 e. The fourth-order valence-corrected chi connectivity index (χ4v) is 3.40. The summed E-state index contributed by atoms with van der Waals surface area (Å²) in [4.78, 5) is 3.42. The Morgan fingerprint density at radius 2 is 2.17 bits per heavy atom. The van der Waals surface area contributed by atoms with E-state index in [9.17, 15) is 0 Å². The lowest BCUT2D eigenvalue weighted by atomic mass is 10.0. The summed E-state index contributed by atoms with van der Waals surface area (Å²) in [7, 11) is 0. The molecule has 0 spiro atoms. The predicted molar refractivity (Wildman–Crippen MR) is 77.7 cm³/mol. The van der Waals surface area contributed by atoms with E-state index in [4.69, 9.17) is 22.6 Å². The summed E-state index contributed by atoms with van der Waals surface area (Å²) < 4.78 is 0.778. The van der Waals surface area contributed by atoms with Crippen LogP contribution in [-0.4, -0.2) is 24.0 Å². The topological polar surface area (TPSA) is 53.0 Å². The molecule has 18 heavy (non-hydrogen) atoms. The molecule has 1 heterocycles. The molecule has 1 aromatic rings. The smallest absolute Gasteiger partial charge is 0.0931 e. The maximum atomic E-state index is 8.95. The van der Waals surface area contributed by atoms with Crippen molar-refractivity contribution in [1.29, 1.82) is 5.26 Å². The van der Waals surface area contributed by atoms with E-state index in [1.807, 2.05) is 26.0 Å². The molecule has 0 aliphatic heterocycles. The van der Waals surface area contributed by atoms with Crippen LogP contribution in [-0.2, 0) is 0 Å². The SMILES string of the molecule is CCN(CC(C)C#N)C(c1ccc(Cl)s1)C(C)N. The average molecular weight is 286 g/mol. The van der Waals surface area contributed by atoms with Gasteiger partial charge in [-0.1, -0.05) is 18.5 Å². The van der Waals surface area contributed by atoms with Gasteiger partial charge in [0, 0.05) is 17.5 Å². The number of hydrogen-bond donors (Lipinski definition) is 1. The summed E-state index contributed by atoms with van der Waals surface area (Å²) >= 11 is 7.56. The molecular formula is C13H20ClN3S. The molecule has 0 aromatic carbocycles. The molecular weight excluding hydrogens is 266 g/mol. The van der Waals surface area contributed by atoms with Gasteiger partial charge < -0.3 is 5.73 Å². The maximum absolute atomic E-state index is 8.95. The molecule has 0 saturated carbocycles. The van der Waals surface area contributed by atoms with Crippen LogP contribution in [0.5, 0.6) is 0 Å². The summed E-state index contributed by atoms with van der Waals surface area (Å²) in [6, 6.07) is 6.34. The van der Waals surface area contributed by atoms with Crippen LogP contribution in [0.4, 0.5) is 0 Å². The quantitative estimate of drug-likeness (QED) is 0.873. The van der Waals surface area contributed by atoms with Crippen LogP contribution < -0.4 is 5.73 Å². The number of halogens is 1. The van der Waals surface area contributed by atoms with Gasteiger partial charge in [-0.2, -0.15) is 5.26 Å². The first-order valence-corrected chi connectivity index (χ1v) is 7.33. The van der Waals surface area contributed by atoms with Crippen molar-refractivity contribution in [3.63, 3.8) is 0 Å². The van der Waals surface area contributed by atoms with Crippen LogP contribution in [0.2, 0.25) is 4.34 Å². The Morgan fingerprint density at radius 1 is 1.50 bits per heavy atom. The van der Waals surface area contributed by atoms with Crippen molar-refractivity contribution in [1.82, 2.24) is 4.90 Å². The summed E-state index contributed by atoms with van der Waals surface area (Å²) in [5.41, 5.74) is 6.11. The highest BCUT2D eigenvalue weighted by Crippen LogP contribution is 2.32. The van der Waals surface area contributed by atoms with E-state index in [0.717, 1.165) is 17.4 Å². The van der Waals surface area contributed by atoms with E-state index in [1.165, 1.54) is 4.88 Å². The minimum atomic E-state index is 0.00151. The average Bonchev–Trinajstić information content (AvgIpc) is 2.73. The van der Waals surface area contributed by atoms with Gasteiger partial charge in [0.2, 0.25) is 0 Å². The first kappa shape index (κ1) is 15.5. The molecule has 3 atom stereocenters. The number of rotatable bonds is 6. The lowest BCUT2D eigenvalue weighted by Gasteiger charge is -2.33. The molecule has 0 aliphatic carbocycles. The van der Waals surface area contributed by atoms with E-state index in [1.54, 1.807) is 11.3 Å². The Kier molecular flexibility index (Phi) is 6.10. The van der Waals surface area contributed by atoms with Crippen molar-refractivity contribution >= 4 is 22.9 Å². The number of hydrogen-bond acceptors (Lipinski definition) is 4. The number of likely N-dealkylation sites (N-methyl/N-ethyl adjacent to an activating group) is 1. The van der Waals surface area contributed by atoms with Crippen molar-refractivity contribution < 1.29 is 0 Å². The van der Waals surface area contributed by atoms with Crippen molar-refractivity contribution in [3.8, 4) is 6.07 Å². The fourth-order valence-electron chi connectivity index (χ4n) is 2.09. The van der Waals surface area contributed by atoms with Gasteiger partial charge in [0.05, 0.1) is 22.4 Å². The monoisotopic (exact) mass is 285 g/mol. The van der Waals surface area contributed by atoms with E-state index >= 15 is 0 Å². The highest BCUT2D eigenvalue weighted by molar-refractivity contribution is 7.16. The molecule has 100 valence electrons. The van der Waals surface area contributed by atoms with Crippen molar-refractivity contribution in [2.75, 3.05) is 13.1 Å². The Hall–Kier alpha value is -0.600. The standard InChI is InChI=1S/C13H20ClN3S/c1-4-17(8-9(2)7-15)13(10(3)16)11-5-6-12(14)18-11/h5-6,9-10,13H,4,8,16H2,1-3H3. The van der Waals surface area contributed by atoms with E-state index < -0.39 is 0 Å². The number of thiophene rings is 1. The third kappa shape index (κ3) is 3.96. The Labute approximate surface area is 118 Å². The Balaban J connectivity index is 2.92. The number of nitrogens with two attached hydrogens (primary N) is 1. The fraction of sp³-hybridized carbons (Fsp3) is 0.615. The summed E-state index contributed by atoms with van der Waals surface area (Å²) in [5.74, 6) is 0.00151. The molecule has 3 nitrogen and oxygen atoms in total. The van der Waals surface area contributed by atoms with Gasteiger partial charge >= 0.3 is 0 Å². The van der Waals surface area contributed by atoms with Gasteiger partial charge in [-0.05, 0) is 32.5 Å². The maximum Gasteiger partial charge on any atom is 0.0931 e. The van der Waals surface area contributed by atoms with Gasteiger partial charge in [-0.25, -0.2) is 0 Å². The van der Waals surface area contributed by atoms with Gasteiger partial charge in [0.25, 0.3) is 0 Å². The molecule has 2 N–H and O–H groups in total.